The lowest BCUT2D eigenvalue weighted by Crippen LogP contribution is -1.96. The fourth-order valence-corrected chi connectivity index (χ4v) is 0.755. The van der Waals surface area contributed by atoms with Crippen molar-refractivity contribution < 1.29 is 4.74 Å². The van der Waals surface area contributed by atoms with Gasteiger partial charge in [-0.1, -0.05) is 24.3 Å². The number of ether oxygens (including phenoxy) is 1. The number of nitrogens with two attached hydrogens (primary N) is 1. The van der Waals surface area contributed by atoms with E-state index in [0.29, 0.717) is 13.2 Å². The molecule has 0 saturated heterocycles. The van der Waals surface area contributed by atoms with E-state index in [9.17, 15) is 0 Å². The van der Waals surface area contributed by atoms with Crippen molar-refractivity contribution in [2.75, 3.05) is 13.2 Å². The summed E-state index contributed by atoms with van der Waals surface area (Å²) in [5.41, 5.74) is 6.33. The topological polar surface area (TPSA) is 35.2 Å². The fourth-order valence-electron chi connectivity index (χ4n) is 0.755. The zero-order chi connectivity index (χ0) is 9.94. The number of hydrogen-bond donors (Lipinski definition) is 1. The smallest absolute Gasteiger partial charge is 0.0721 e. The van der Waals surface area contributed by atoms with Gasteiger partial charge in [-0.05, 0) is 24.8 Å². The molecular formula is C11H17NO. The lowest BCUT2D eigenvalue weighted by Gasteiger charge is -2.00. The Hall–Kier alpha value is -1.28. The Bertz CT molecular complexity index is 214. The first-order valence-corrected chi connectivity index (χ1v) is 4.24. The molecule has 72 valence electrons. The molecule has 13 heavy (non-hydrogen) atoms. The van der Waals surface area contributed by atoms with Crippen LogP contribution in [-0.2, 0) is 4.74 Å². The van der Waals surface area contributed by atoms with Crippen LogP contribution in [0.4, 0.5) is 0 Å². The van der Waals surface area contributed by atoms with E-state index in [1.165, 1.54) is 6.20 Å². The van der Waals surface area contributed by atoms with Crippen LogP contribution in [0.15, 0.2) is 48.7 Å². The number of hydrogen-bond acceptors (Lipinski definition) is 2. The van der Waals surface area contributed by atoms with Crippen LogP contribution >= 0.6 is 0 Å². The van der Waals surface area contributed by atoms with Gasteiger partial charge in [0.15, 0.2) is 0 Å². The second-order valence-electron chi connectivity index (χ2n) is 2.43. The van der Waals surface area contributed by atoms with Crippen molar-refractivity contribution in [1.29, 1.82) is 0 Å². The predicted octanol–water partition coefficient (Wildman–Crippen LogP) is 2.16. The zero-order valence-electron chi connectivity index (χ0n) is 8.07. The third-order valence-corrected chi connectivity index (χ3v) is 1.32. The Morgan fingerprint density at radius 3 is 2.85 bits per heavy atom. The molecule has 0 aliphatic carbocycles. The lowest BCUT2D eigenvalue weighted by molar-refractivity contribution is 0.189. The zero-order valence-corrected chi connectivity index (χ0v) is 8.07. The maximum absolute atomic E-state index is 5.28. The van der Waals surface area contributed by atoms with Gasteiger partial charge >= 0.3 is 0 Å². The quantitative estimate of drug-likeness (QED) is 0.385. The normalized spacial score (nSPS) is 12.8. The summed E-state index contributed by atoms with van der Waals surface area (Å²) in [6.45, 7) is 6.65. The van der Waals surface area contributed by atoms with Crippen molar-refractivity contribution in [3.05, 3.63) is 48.7 Å². The van der Waals surface area contributed by atoms with Crippen molar-refractivity contribution >= 4 is 0 Å². The van der Waals surface area contributed by atoms with E-state index >= 15 is 0 Å². The van der Waals surface area contributed by atoms with E-state index in [1.54, 1.807) is 6.08 Å². The predicted molar refractivity (Wildman–Crippen MR) is 57.2 cm³/mol. The highest BCUT2D eigenvalue weighted by Crippen LogP contribution is 1.98. The highest BCUT2D eigenvalue weighted by molar-refractivity contribution is 5.23. The fraction of sp³-hybridized carbons (Fsp3) is 0.273. The molecule has 0 aromatic rings. The van der Waals surface area contributed by atoms with Gasteiger partial charge in [0.2, 0.25) is 0 Å². The molecule has 0 rings (SSSR count). The molecule has 2 N–H and O–H groups in total. The molecule has 0 aliphatic rings. The van der Waals surface area contributed by atoms with Gasteiger partial charge in [0.1, 0.15) is 0 Å². The SMILES string of the molecule is C=CCOCC(/C=C/N)=C/C=C\C. The summed E-state index contributed by atoms with van der Waals surface area (Å²) in [4.78, 5) is 0. The Morgan fingerprint density at radius 2 is 2.31 bits per heavy atom. The maximum atomic E-state index is 5.28. The lowest BCUT2D eigenvalue weighted by atomic mass is 10.2. The van der Waals surface area contributed by atoms with Gasteiger partial charge in [-0.3, -0.25) is 0 Å². The molecule has 2 heteroatoms. The standard InChI is InChI=1S/C11H17NO/c1-3-5-6-11(7-8-12)10-13-9-4-2/h3-8H,2,9-10,12H2,1H3/b5-3-,8-7+,11-6+. The summed E-state index contributed by atoms with van der Waals surface area (Å²) in [5, 5.41) is 0. The minimum atomic E-state index is 0.560. The van der Waals surface area contributed by atoms with E-state index < -0.39 is 0 Å². The molecular weight excluding hydrogens is 162 g/mol. The largest absolute Gasteiger partial charge is 0.405 e. The summed E-state index contributed by atoms with van der Waals surface area (Å²) in [7, 11) is 0. The third kappa shape index (κ3) is 7.09. The summed E-state index contributed by atoms with van der Waals surface area (Å²) < 4.78 is 5.27. The van der Waals surface area contributed by atoms with Gasteiger partial charge in [-0.2, -0.15) is 0 Å². The van der Waals surface area contributed by atoms with Crippen LogP contribution in [0.25, 0.3) is 0 Å². The Morgan fingerprint density at radius 1 is 1.54 bits per heavy atom. The summed E-state index contributed by atoms with van der Waals surface area (Å²) in [6, 6.07) is 0. The van der Waals surface area contributed by atoms with E-state index in [0.717, 1.165) is 5.57 Å². The first-order chi connectivity index (χ1) is 6.35. The second-order valence-corrected chi connectivity index (χ2v) is 2.43. The van der Waals surface area contributed by atoms with E-state index in [4.69, 9.17) is 10.5 Å². The molecule has 0 saturated carbocycles. The van der Waals surface area contributed by atoms with Gasteiger partial charge in [0, 0.05) is 0 Å². The highest BCUT2D eigenvalue weighted by Gasteiger charge is 1.89. The first-order valence-electron chi connectivity index (χ1n) is 4.24. The van der Waals surface area contributed by atoms with Crippen molar-refractivity contribution in [2.45, 2.75) is 6.92 Å². The van der Waals surface area contributed by atoms with Crippen LogP contribution < -0.4 is 5.73 Å². The molecule has 0 spiro atoms. The average Bonchev–Trinajstić information content (AvgIpc) is 2.14. The highest BCUT2D eigenvalue weighted by atomic mass is 16.5. The summed E-state index contributed by atoms with van der Waals surface area (Å²) in [6.07, 6.45) is 10.9. The molecule has 0 aliphatic heterocycles. The van der Waals surface area contributed by atoms with Gasteiger partial charge in [-0.25, -0.2) is 0 Å². The monoisotopic (exact) mass is 179 g/mol. The number of allylic oxidation sites excluding steroid dienone is 3. The van der Waals surface area contributed by atoms with Crippen LogP contribution in [0.5, 0.6) is 0 Å². The van der Waals surface area contributed by atoms with Gasteiger partial charge < -0.3 is 10.5 Å². The van der Waals surface area contributed by atoms with E-state index in [-0.39, 0.29) is 0 Å². The first kappa shape index (κ1) is 11.7. The minimum absolute atomic E-state index is 0.560. The molecule has 0 unspecified atom stereocenters. The van der Waals surface area contributed by atoms with Crippen molar-refractivity contribution in [3.63, 3.8) is 0 Å². The van der Waals surface area contributed by atoms with E-state index in [2.05, 4.69) is 6.58 Å². The molecule has 2 nitrogen and oxygen atoms in total. The second kappa shape index (κ2) is 8.81. The van der Waals surface area contributed by atoms with Crippen molar-refractivity contribution in [2.24, 2.45) is 5.73 Å². The number of rotatable bonds is 6. The molecule has 0 amide bonds. The molecule has 0 atom stereocenters. The van der Waals surface area contributed by atoms with Crippen LogP contribution in [-0.4, -0.2) is 13.2 Å². The Balaban J connectivity index is 4.01. The summed E-state index contributed by atoms with van der Waals surface area (Å²) >= 11 is 0. The molecule has 0 fully saturated rings. The van der Waals surface area contributed by atoms with Crippen LogP contribution in [0, 0.1) is 0 Å². The summed E-state index contributed by atoms with van der Waals surface area (Å²) in [5.74, 6) is 0. The molecule has 0 heterocycles. The molecule has 0 aromatic carbocycles. The Kier molecular flexibility index (Phi) is 7.95. The average molecular weight is 179 g/mol. The van der Waals surface area contributed by atoms with Crippen molar-refractivity contribution in [3.8, 4) is 0 Å². The third-order valence-electron chi connectivity index (χ3n) is 1.32. The van der Waals surface area contributed by atoms with Gasteiger partial charge in [-0.15, -0.1) is 6.58 Å². The van der Waals surface area contributed by atoms with Crippen LogP contribution in [0.1, 0.15) is 6.92 Å². The Labute approximate surface area is 80.1 Å². The van der Waals surface area contributed by atoms with Gasteiger partial charge in [0.25, 0.3) is 0 Å². The van der Waals surface area contributed by atoms with Gasteiger partial charge in [0.05, 0.1) is 13.2 Å². The molecule has 0 aromatic heterocycles. The van der Waals surface area contributed by atoms with Crippen molar-refractivity contribution in [1.82, 2.24) is 0 Å². The molecule has 0 bridgehead atoms. The molecule has 0 radical (unpaired) electrons. The van der Waals surface area contributed by atoms with Crippen LogP contribution in [0.3, 0.4) is 0 Å². The maximum Gasteiger partial charge on any atom is 0.0721 e. The minimum Gasteiger partial charge on any atom is -0.405 e. The van der Waals surface area contributed by atoms with Crippen LogP contribution in [0.2, 0.25) is 0 Å². The van der Waals surface area contributed by atoms with E-state index in [1.807, 2.05) is 31.2 Å².